The Balaban J connectivity index is 1.51. The number of amides is 1. The number of pyridine rings is 1. The van der Waals surface area contributed by atoms with Crippen LogP contribution in [0, 0.1) is 0 Å². The second-order valence-electron chi connectivity index (χ2n) is 7.98. The number of ether oxygens (including phenoxy) is 1. The van der Waals surface area contributed by atoms with Gasteiger partial charge in [-0.05, 0) is 37.4 Å². The maximum absolute atomic E-state index is 13.1. The molecule has 0 saturated heterocycles. The SMILES string of the molecule is CN1CCc2nc3ccccc3c(C(=O)OCC(=O)Nc3ccc(N(C)C)cc3)c2C1. The van der Waals surface area contributed by atoms with Crippen LogP contribution in [-0.2, 0) is 22.5 Å². The Labute approximate surface area is 181 Å². The summed E-state index contributed by atoms with van der Waals surface area (Å²) in [5.41, 5.74) is 4.77. The van der Waals surface area contributed by atoms with Gasteiger partial charge in [-0.25, -0.2) is 4.79 Å². The molecule has 1 amide bonds. The average molecular weight is 418 g/mol. The summed E-state index contributed by atoms with van der Waals surface area (Å²) in [5.74, 6) is -0.876. The molecule has 1 aromatic heterocycles. The van der Waals surface area contributed by atoms with Gasteiger partial charge in [0.15, 0.2) is 6.61 Å². The summed E-state index contributed by atoms with van der Waals surface area (Å²) in [5, 5.41) is 3.52. The van der Waals surface area contributed by atoms with Crippen molar-refractivity contribution in [1.29, 1.82) is 0 Å². The van der Waals surface area contributed by atoms with Crippen LogP contribution in [-0.4, -0.2) is 56.1 Å². The number of hydrogen-bond acceptors (Lipinski definition) is 6. The number of para-hydroxylation sites is 1. The van der Waals surface area contributed by atoms with Gasteiger partial charge in [0.05, 0.1) is 11.1 Å². The molecule has 0 radical (unpaired) electrons. The number of hydrogen-bond donors (Lipinski definition) is 1. The minimum Gasteiger partial charge on any atom is -0.452 e. The van der Waals surface area contributed by atoms with Gasteiger partial charge in [0.1, 0.15) is 0 Å². The van der Waals surface area contributed by atoms with E-state index in [1.54, 1.807) is 0 Å². The van der Waals surface area contributed by atoms with Crippen molar-refractivity contribution in [3.05, 3.63) is 65.4 Å². The normalized spacial score (nSPS) is 13.5. The number of esters is 1. The molecule has 1 N–H and O–H groups in total. The highest BCUT2D eigenvalue weighted by Gasteiger charge is 2.25. The number of anilines is 2. The van der Waals surface area contributed by atoms with Gasteiger partial charge in [-0.3, -0.25) is 9.78 Å². The predicted molar refractivity (Wildman–Crippen MR) is 121 cm³/mol. The van der Waals surface area contributed by atoms with Gasteiger partial charge in [-0.1, -0.05) is 18.2 Å². The van der Waals surface area contributed by atoms with Crippen molar-refractivity contribution in [1.82, 2.24) is 9.88 Å². The summed E-state index contributed by atoms with van der Waals surface area (Å²) in [6.07, 6.45) is 0.778. The highest BCUT2D eigenvalue weighted by atomic mass is 16.5. The number of carbonyl (C=O) groups is 2. The van der Waals surface area contributed by atoms with E-state index in [1.807, 2.05) is 74.6 Å². The van der Waals surface area contributed by atoms with Crippen LogP contribution in [0.25, 0.3) is 10.9 Å². The Morgan fingerprint density at radius 1 is 1.13 bits per heavy atom. The molecule has 3 aromatic rings. The van der Waals surface area contributed by atoms with Gasteiger partial charge >= 0.3 is 5.97 Å². The summed E-state index contributed by atoms with van der Waals surface area (Å²) >= 11 is 0. The van der Waals surface area contributed by atoms with Crippen molar-refractivity contribution < 1.29 is 14.3 Å². The largest absolute Gasteiger partial charge is 0.452 e. The van der Waals surface area contributed by atoms with E-state index in [1.165, 1.54) is 0 Å². The van der Waals surface area contributed by atoms with Crippen LogP contribution in [0.3, 0.4) is 0 Å². The highest BCUT2D eigenvalue weighted by molar-refractivity contribution is 6.06. The van der Waals surface area contributed by atoms with Crippen molar-refractivity contribution in [2.24, 2.45) is 0 Å². The van der Waals surface area contributed by atoms with Gasteiger partial charge in [-0.15, -0.1) is 0 Å². The third kappa shape index (κ3) is 4.51. The molecule has 0 unspecified atom stereocenters. The number of rotatable bonds is 5. The molecule has 160 valence electrons. The second kappa shape index (κ2) is 8.73. The third-order valence-electron chi connectivity index (χ3n) is 5.44. The lowest BCUT2D eigenvalue weighted by Crippen LogP contribution is -2.30. The van der Waals surface area contributed by atoms with Crippen LogP contribution in [0.1, 0.15) is 21.6 Å². The van der Waals surface area contributed by atoms with Crippen molar-refractivity contribution in [2.75, 3.05) is 44.5 Å². The zero-order chi connectivity index (χ0) is 22.0. The molecule has 1 aliphatic rings. The Bertz CT molecular complexity index is 1130. The first-order chi connectivity index (χ1) is 14.9. The van der Waals surface area contributed by atoms with Crippen LogP contribution < -0.4 is 10.2 Å². The van der Waals surface area contributed by atoms with Crippen LogP contribution in [0.5, 0.6) is 0 Å². The van der Waals surface area contributed by atoms with Crippen molar-refractivity contribution >= 4 is 34.2 Å². The fourth-order valence-corrected chi connectivity index (χ4v) is 3.80. The Morgan fingerprint density at radius 2 is 1.87 bits per heavy atom. The number of likely N-dealkylation sites (N-methyl/N-ethyl adjacent to an activating group) is 1. The summed E-state index contributed by atoms with van der Waals surface area (Å²) < 4.78 is 5.43. The number of fused-ring (bicyclic) bond motifs is 2. The second-order valence-corrected chi connectivity index (χ2v) is 7.98. The first-order valence-electron chi connectivity index (χ1n) is 10.3. The minimum absolute atomic E-state index is 0.352. The zero-order valence-corrected chi connectivity index (χ0v) is 18.0. The molecule has 2 aromatic carbocycles. The van der Waals surface area contributed by atoms with Gasteiger partial charge in [0.25, 0.3) is 5.91 Å². The van der Waals surface area contributed by atoms with E-state index in [-0.39, 0.29) is 12.5 Å². The van der Waals surface area contributed by atoms with Crippen LogP contribution >= 0.6 is 0 Å². The molecule has 0 bridgehead atoms. The van der Waals surface area contributed by atoms with E-state index in [0.29, 0.717) is 17.8 Å². The van der Waals surface area contributed by atoms with E-state index in [2.05, 4.69) is 10.2 Å². The molecule has 1 aliphatic heterocycles. The van der Waals surface area contributed by atoms with E-state index in [4.69, 9.17) is 9.72 Å². The molecular formula is C24H26N4O3. The van der Waals surface area contributed by atoms with E-state index < -0.39 is 5.97 Å². The lowest BCUT2D eigenvalue weighted by Gasteiger charge is -2.26. The molecule has 31 heavy (non-hydrogen) atoms. The highest BCUT2D eigenvalue weighted by Crippen LogP contribution is 2.28. The number of nitrogens with zero attached hydrogens (tertiary/aromatic N) is 3. The maximum Gasteiger partial charge on any atom is 0.339 e. The van der Waals surface area contributed by atoms with Gasteiger partial charge in [-0.2, -0.15) is 0 Å². The maximum atomic E-state index is 13.1. The Kier molecular flexibility index (Phi) is 5.86. The smallest absolute Gasteiger partial charge is 0.339 e. The first-order valence-corrected chi connectivity index (χ1v) is 10.3. The predicted octanol–water partition coefficient (Wildman–Crippen LogP) is 3.08. The van der Waals surface area contributed by atoms with Gasteiger partial charge < -0.3 is 19.9 Å². The molecule has 0 aliphatic carbocycles. The van der Waals surface area contributed by atoms with Crippen molar-refractivity contribution in [3.63, 3.8) is 0 Å². The molecule has 0 atom stereocenters. The van der Waals surface area contributed by atoms with Crippen LogP contribution in [0.15, 0.2) is 48.5 Å². The monoisotopic (exact) mass is 418 g/mol. The molecule has 7 heteroatoms. The standard InChI is InChI=1S/C24H26N4O3/c1-27(2)17-10-8-16(9-11-17)25-22(29)15-31-24(30)23-18-6-4-5-7-20(18)26-21-12-13-28(3)14-19(21)23/h4-11H,12-15H2,1-3H3,(H,25,29). The van der Waals surface area contributed by atoms with Gasteiger partial charge in [0, 0.05) is 61.6 Å². The number of aromatic nitrogens is 1. The molecule has 0 spiro atoms. The van der Waals surface area contributed by atoms with Crippen molar-refractivity contribution in [3.8, 4) is 0 Å². The lowest BCUT2D eigenvalue weighted by atomic mass is 9.96. The summed E-state index contributed by atoms with van der Waals surface area (Å²) in [6, 6.07) is 15.0. The molecular weight excluding hydrogens is 392 g/mol. The number of carbonyl (C=O) groups excluding carboxylic acids is 2. The van der Waals surface area contributed by atoms with Crippen molar-refractivity contribution in [2.45, 2.75) is 13.0 Å². The minimum atomic E-state index is -0.497. The fraction of sp³-hybridized carbons (Fsp3) is 0.292. The summed E-state index contributed by atoms with van der Waals surface area (Å²) in [6.45, 7) is 1.17. The molecule has 0 saturated carbocycles. The fourth-order valence-electron chi connectivity index (χ4n) is 3.80. The number of nitrogens with one attached hydrogen (secondary N) is 1. The molecule has 0 fully saturated rings. The molecule has 4 rings (SSSR count). The Hall–Kier alpha value is -3.45. The first kappa shape index (κ1) is 20.8. The van der Waals surface area contributed by atoms with Gasteiger partial charge in [0.2, 0.25) is 0 Å². The summed E-state index contributed by atoms with van der Waals surface area (Å²) in [4.78, 5) is 34.3. The topological polar surface area (TPSA) is 74.8 Å². The average Bonchev–Trinajstić information content (AvgIpc) is 2.76. The third-order valence-corrected chi connectivity index (χ3v) is 5.44. The van der Waals surface area contributed by atoms with E-state index in [9.17, 15) is 9.59 Å². The van der Waals surface area contributed by atoms with E-state index in [0.717, 1.165) is 40.8 Å². The Morgan fingerprint density at radius 3 is 2.61 bits per heavy atom. The number of benzene rings is 2. The van der Waals surface area contributed by atoms with Crippen LogP contribution in [0.4, 0.5) is 11.4 Å². The molecule has 7 nitrogen and oxygen atoms in total. The molecule has 2 heterocycles. The van der Waals surface area contributed by atoms with Crippen LogP contribution in [0.2, 0.25) is 0 Å². The zero-order valence-electron chi connectivity index (χ0n) is 18.0. The lowest BCUT2D eigenvalue weighted by molar-refractivity contribution is -0.119. The quantitative estimate of drug-likeness (QED) is 0.642. The summed E-state index contributed by atoms with van der Waals surface area (Å²) in [7, 11) is 5.92. The van der Waals surface area contributed by atoms with E-state index >= 15 is 0 Å².